The number of fused-ring (bicyclic) bond motifs is 1. The van der Waals surface area contributed by atoms with Crippen molar-refractivity contribution in [1.82, 2.24) is 15.4 Å². The second-order valence-corrected chi connectivity index (χ2v) is 5.68. The zero-order valence-electron chi connectivity index (χ0n) is 13.2. The molecule has 0 spiro atoms. The summed E-state index contributed by atoms with van der Waals surface area (Å²) in [6.07, 6.45) is 0. The summed E-state index contributed by atoms with van der Waals surface area (Å²) in [7, 11) is 2.07. The van der Waals surface area contributed by atoms with Crippen LogP contribution in [-0.4, -0.2) is 35.6 Å². The van der Waals surface area contributed by atoms with Gasteiger partial charge in [0.2, 0.25) is 0 Å². The Balaban J connectivity index is 1.67. The lowest BCUT2D eigenvalue weighted by molar-refractivity contribution is 0.311. The van der Waals surface area contributed by atoms with Gasteiger partial charge in [0.1, 0.15) is 24.1 Å². The molecule has 0 atom stereocenters. The lowest BCUT2D eigenvalue weighted by Crippen LogP contribution is -2.28. The van der Waals surface area contributed by atoms with Crippen molar-refractivity contribution in [1.29, 1.82) is 5.26 Å². The van der Waals surface area contributed by atoms with Crippen molar-refractivity contribution in [3.63, 3.8) is 0 Å². The van der Waals surface area contributed by atoms with Crippen LogP contribution >= 0.6 is 0 Å². The lowest BCUT2D eigenvalue weighted by Gasteiger charge is -2.28. The van der Waals surface area contributed by atoms with Crippen molar-refractivity contribution in [3.05, 3.63) is 48.2 Å². The summed E-state index contributed by atoms with van der Waals surface area (Å²) in [5, 5.41) is 19.3. The molecule has 24 heavy (non-hydrogen) atoms. The largest absolute Gasteiger partial charge is 0.490 e. The predicted octanol–water partition coefficient (Wildman–Crippen LogP) is 2.84. The Kier molecular flexibility index (Phi) is 3.39. The van der Waals surface area contributed by atoms with E-state index in [9.17, 15) is 0 Å². The van der Waals surface area contributed by atoms with Gasteiger partial charge in [-0.05, 0) is 23.3 Å². The quantitative estimate of drug-likeness (QED) is 0.786. The fourth-order valence-corrected chi connectivity index (χ4v) is 2.87. The Labute approximate surface area is 139 Å². The molecule has 0 saturated carbocycles. The zero-order valence-corrected chi connectivity index (χ0v) is 13.2. The van der Waals surface area contributed by atoms with Crippen molar-refractivity contribution in [2.45, 2.75) is 0 Å². The Bertz CT molecular complexity index is 923. The van der Waals surface area contributed by atoms with E-state index in [1.807, 2.05) is 24.3 Å². The van der Waals surface area contributed by atoms with E-state index < -0.39 is 0 Å². The number of aromatic nitrogens is 3. The van der Waals surface area contributed by atoms with Crippen molar-refractivity contribution in [2.24, 2.45) is 0 Å². The number of likely N-dealkylation sites (N-methyl/N-ethyl adjacent to an activating group) is 1. The van der Waals surface area contributed by atoms with E-state index >= 15 is 0 Å². The van der Waals surface area contributed by atoms with Crippen molar-refractivity contribution in [3.8, 4) is 34.2 Å². The average molecular weight is 317 g/mol. The topological polar surface area (TPSA) is 77.8 Å². The molecule has 1 aromatic heterocycles. The Morgan fingerprint density at radius 3 is 2.67 bits per heavy atom. The number of H-pyrrole nitrogens is 1. The first-order valence-corrected chi connectivity index (χ1v) is 7.66. The molecule has 0 saturated heterocycles. The fraction of sp³-hybridized carbons (Fsp3) is 0.167. The number of nitrogens with one attached hydrogen (secondary N) is 1. The van der Waals surface area contributed by atoms with Gasteiger partial charge in [0.05, 0.1) is 12.2 Å². The third-order valence-electron chi connectivity index (χ3n) is 4.21. The maximum atomic E-state index is 9.06. The maximum Gasteiger partial charge on any atom is 0.163 e. The van der Waals surface area contributed by atoms with Crippen LogP contribution in [0.15, 0.2) is 42.5 Å². The molecule has 0 aliphatic carbocycles. The first-order chi connectivity index (χ1) is 11.8. The molecule has 0 unspecified atom stereocenters. The number of nitrogens with zero attached hydrogens (tertiary/aromatic N) is 4. The summed E-state index contributed by atoms with van der Waals surface area (Å²) in [6, 6.07) is 16.2. The minimum atomic E-state index is 0.368. The van der Waals surface area contributed by atoms with E-state index in [1.165, 1.54) is 0 Å². The highest BCUT2D eigenvalue weighted by atomic mass is 16.5. The Hall–Kier alpha value is -3.33. The first kappa shape index (κ1) is 14.3. The minimum Gasteiger partial charge on any atom is -0.490 e. The van der Waals surface area contributed by atoms with Crippen LogP contribution in [0.4, 0.5) is 5.69 Å². The van der Waals surface area contributed by atoms with E-state index in [0.717, 1.165) is 34.7 Å². The summed E-state index contributed by atoms with van der Waals surface area (Å²) >= 11 is 0. The second kappa shape index (κ2) is 5.70. The molecule has 1 aliphatic rings. The fourth-order valence-electron chi connectivity index (χ4n) is 2.87. The van der Waals surface area contributed by atoms with Crippen LogP contribution in [0.3, 0.4) is 0 Å². The summed E-state index contributed by atoms with van der Waals surface area (Å²) in [6.45, 7) is 1.61. The van der Waals surface area contributed by atoms with E-state index in [1.54, 1.807) is 0 Å². The van der Waals surface area contributed by atoms with Crippen LogP contribution in [0.5, 0.6) is 5.75 Å². The molecule has 2 aromatic carbocycles. The normalized spacial score (nSPS) is 13.1. The molecule has 4 rings (SSSR count). The van der Waals surface area contributed by atoms with Gasteiger partial charge >= 0.3 is 0 Å². The molecule has 3 aromatic rings. The highest BCUT2D eigenvalue weighted by molar-refractivity contribution is 5.74. The SMILES string of the molecule is CN1CCOc2cc(-c3ccc(-c4nn[nH]c4C#N)cc3)ccc21. The van der Waals surface area contributed by atoms with Crippen LogP contribution < -0.4 is 9.64 Å². The van der Waals surface area contributed by atoms with Gasteiger partial charge in [-0.3, -0.25) is 0 Å². The Morgan fingerprint density at radius 2 is 1.88 bits per heavy atom. The van der Waals surface area contributed by atoms with E-state index in [-0.39, 0.29) is 0 Å². The predicted molar refractivity (Wildman–Crippen MR) is 90.7 cm³/mol. The van der Waals surface area contributed by atoms with Crippen LogP contribution in [-0.2, 0) is 0 Å². The van der Waals surface area contributed by atoms with Crippen molar-refractivity contribution < 1.29 is 4.74 Å². The summed E-state index contributed by atoms with van der Waals surface area (Å²) < 4.78 is 5.77. The van der Waals surface area contributed by atoms with Crippen LogP contribution in [0.1, 0.15) is 5.69 Å². The van der Waals surface area contributed by atoms with Gasteiger partial charge in [0.25, 0.3) is 0 Å². The van der Waals surface area contributed by atoms with Crippen molar-refractivity contribution >= 4 is 5.69 Å². The Morgan fingerprint density at radius 1 is 1.12 bits per heavy atom. The number of aromatic amines is 1. The maximum absolute atomic E-state index is 9.06. The van der Waals surface area contributed by atoms with E-state index in [4.69, 9.17) is 10.00 Å². The lowest BCUT2D eigenvalue weighted by atomic mass is 10.0. The number of hydrogen-bond acceptors (Lipinski definition) is 5. The molecule has 6 heteroatoms. The van der Waals surface area contributed by atoms with Gasteiger partial charge in [-0.25, -0.2) is 5.10 Å². The number of anilines is 1. The van der Waals surface area contributed by atoms with Gasteiger partial charge in [0.15, 0.2) is 5.69 Å². The second-order valence-electron chi connectivity index (χ2n) is 5.68. The van der Waals surface area contributed by atoms with Gasteiger partial charge in [-0.1, -0.05) is 35.5 Å². The van der Waals surface area contributed by atoms with Crippen LogP contribution in [0, 0.1) is 11.3 Å². The number of benzene rings is 2. The minimum absolute atomic E-state index is 0.368. The summed E-state index contributed by atoms with van der Waals surface area (Å²) in [5.41, 5.74) is 5.09. The highest BCUT2D eigenvalue weighted by Crippen LogP contribution is 2.35. The van der Waals surface area contributed by atoms with Gasteiger partial charge in [0, 0.05) is 12.6 Å². The van der Waals surface area contributed by atoms with Gasteiger partial charge in [-0.2, -0.15) is 5.26 Å². The molecule has 0 bridgehead atoms. The molecular weight excluding hydrogens is 302 g/mol. The average Bonchev–Trinajstić information content (AvgIpc) is 3.10. The molecular formula is C18H15N5O. The van der Waals surface area contributed by atoms with Crippen LogP contribution in [0.25, 0.3) is 22.4 Å². The van der Waals surface area contributed by atoms with Crippen molar-refractivity contribution in [2.75, 3.05) is 25.1 Å². The molecule has 0 radical (unpaired) electrons. The zero-order chi connectivity index (χ0) is 16.5. The summed E-state index contributed by atoms with van der Waals surface area (Å²) in [5.74, 6) is 0.911. The molecule has 0 fully saturated rings. The molecule has 6 nitrogen and oxygen atoms in total. The third-order valence-corrected chi connectivity index (χ3v) is 4.21. The van der Waals surface area contributed by atoms with E-state index in [0.29, 0.717) is 18.0 Å². The molecule has 1 N–H and O–H groups in total. The summed E-state index contributed by atoms with van der Waals surface area (Å²) in [4.78, 5) is 2.19. The van der Waals surface area contributed by atoms with Crippen LogP contribution in [0.2, 0.25) is 0 Å². The van der Waals surface area contributed by atoms with Gasteiger partial charge in [-0.15, -0.1) is 5.10 Å². The number of ether oxygens (including phenoxy) is 1. The highest BCUT2D eigenvalue weighted by Gasteiger charge is 2.15. The third kappa shape index (κ3) is 2.36. The molecule has 1 aliphatic heterocycles. The number of hydrogen-bond donors (Lipinski definition) is 1. The van der Waals surface area contributed by atoms with Gasteiger partial charge < -0.3 is 9.64 Å². The first-order valence-electron chi connectivity index (χ1n) is 7.66. The smallest absolute Gasteiger partial charge is 0.163 e. The molecule has 2 heterocycles. The molecule has 118 valence electrons. The van der Waals surface area contributed by atoms with E-state index in [2.05, 4.69) is 51.6 Å². The standard InChI is InChI=1S/C18H15N5O/c1-23-8-9-24-17-10-14(6-7-16(17)23)12-2-4-13(5-3-12)18-15(11-19)20-22-21-18/h2-7,10H,8-9H2,1H3,(H,20,21,22). The molecule has 0 amide bonds. The monoisotopic (exact) mass is 317 g/mol. The number of rotatable bonds is 2. The number of nitriles is 1.